The average Bonchev–Trinajstić information content (AvgIpc) is 2.83. The number of aliphatic hydroxyl groups is 1. The van der Waals surface area contributed by atoms with E-state index in [9.17, 15) is 5.11 Å². The van der Waals surface area contributed by atoms with Crippen LogP contribution in [0.4, 0.5) is 0 Å². The van der Waals surface area contributed by atoms with Crippen LogP contribution in [-0.4, -0.2) is 48.6 Å². The second-order valence-corrected chi connectivity index (χ2v) is 8.66. The number of aromatic nitrogens is 1. The molecule has 1 aromatic heterocycles. The minimum Gasteiger partial charge on any atom is -0.455 e. The molecule has 0 amide bonds. The summed E-state index contributed by atoms with van der Waals surface area (Å²) < 4.78 is 6.26. The van der Waals surface area contributed by atoms with E-state index in [0.717, 1.165) is 60.6 Å². The van der Waals surface area contributed by atoms with E-state index in [1.165, 1.54) is 0 Å². The maximum atomic E-state index is 9.55. The number of aryl methyl sites for hydroxylation is 1. The van der Waals surface area contributed by atoms with Gasteiger partial charge in [-0.1, -0.05) is 40.2 Å². The number of aliphatic imine (C=N–C) groups is 2. The van der Waals surface area contributed by atoms with Crippen molar-refractivity contribution in [2.75, 3.05) is 26.7 Å². The number of fused-ring (bicyclic) bond motifs is 1. The molecule has 182 valence electrons. The zero-order chi connectivity index (χ0) is 24.2. The predicted molar refractivity (Wildman–Crippen MR) is 137 cm³/mol. The van der Waals surface area contributed by atoms with Gasteiger partial charge in [-0.05, 0) is 50.2 Å². The minimum absolute atomic E-state index is 0.181. The Labute approximate surface area is 199 Å². The summed E-state index contributed by atoms with van der Waals surface area (Å²) in [6.07, 6.45) is 9.36. The molecule has 0 bridgehead atoms. The molecule has 7 nitrogen and oxygen atoms in total. The number of nitrogens with one attached hydrogen (secondary N) is 2. The Hall–Kier alpha value is -2.67. The monoisotopic (exact) mass is 455 g/mol. The van der Waals surface area contributed by atoms with Gasteiger partial charge in [0.2, 0.25) is 0 Å². The quantitative estimate of drug-likeness (QED) is 0.366. The molecule has 7 heteroatoms. The molecule has 0 spiro atoms. The summed E-state index contributed by atoms with van der Waals surface area (Å²) >= 11 is 0. The van der Waals surface area contributed by atoms with Gasteiger partial charge in [0.05, 0.1) is 11.8 Å². The summed E-state index contributed by atoms with van der Waals surface area (Å²) in [4.78, 5) is 13.7. The number of nitrogens with zero attached hydrogens (tertiary/aromatic N) is 3. The van der Waals surface area contributed by atoms with Crippen LogP contribution in [0.5, 0.6) is 5.75 Å². The molecule has 2 rings (SSSR count). The first-order chi connectivity index (χ1) is 15.9. The molecule has 0 fully saturated rings. The van der Waals surface area contributed by atoms with Crippen LogP contribution in [0, 0.1) is 11.8 Å². The van der Waals surface area contributed by atoms with Crippen LogP contribution < -0.4 is 15.4 Å². The molecule has 1 unspecified atom stereocenters. The van der Waals surface area contributed by atoms with E-state index in [4.69, 9.17) is 9.73 Å². The molecule has 33 heavy (non-hydrogen) atoms. The number of ether oxygens (including phenoxy) is 1. The number of rotatable bonds is 10. The van der Waals surface area contributed by atoms with Gasteiger partial charge in [0.25, 0.3) is 0 Å². The zero-order valence-electron chi connectivity index (χ0n) is 21.1. The fraction of sp³-hybridized carbons (Fsp3) is 0.577. The molecule has 0 radical (unpaired) electrons. The second-order valence-electron chi connectivity index (χ2n) is 8.66. The first kappa shape index (κ1) is 26.6. The molecule has 0 saturated carbocycles. The smallest absolute Gasteiger partial charge is 0.196 e. The van der Waals surface area contributed by atoms with E-state index >= 15 is 0 Å². The van der Waals surface area contributed by atoms with Gasteiger partial charge in [0.15, 0.2) is 5.96 Å². The summed E-state index contributed by atoms with van der Waals surface area (Å²) in [6, 6.07) is 2.11. The normalized spacial score (nSPS) is 15.6. The zero-order valence-corrected chi connectivity index (χ0v) is 21.1. The summed E-state index contributed by atoms with van der Waals surface area (Å²) in [5, 5.41) is 16.3. The first-order valence-corrected chi connectivity index (χ1v) is 12.1. The van der Waals surface area contributed by atoms with Crippen molar-refractivity contribution in [2.24, 2.45) is 21.8 Å². The van der Waals surface area contributed by atoms with Crippen molar-refractivity contribution in [3.8, 4) is 5.75 Å². The molecule has 1 atom stereocenters. The number of amidine groups is 1. The Morgan fingerprint density at radius 1 is 1.33 bits per heavy atom. The molecule has 1 aliphatic rings. The van der Waals surface area contributed by atoms with E-state index in [2.05, 4.69) is 60.4 Å². The molecule has 3 N–H and O–H groups in total. The summed E-state index contributed by atoms with van der Waals surface area (Å²) in [5.41, 5.74) is 3.10. The van der Waals surface area contributed by atoms with Crippen molar-refractivity contribution in [1.82, 2.24) is 15.6 Å². The molecule has 0 aromatic carbocycles. The summed E-state index contributed by atoms with van der Waals surface area (Å²) in [5.74, 6) is 3.66. The van der Waals surface area contributed by atoms with Crippen LogP contribution in [0.2, 0.25) is 0 Å². The van der Waals surface area contributed by atoms with Crippen molar-refractivity contribution in [3.05, 3.63) is 47.0 Å². The van der Waals surface area contributed by atoms with Crippen LogP contribution in [0.3, 0.4) is 0 Å². The fourth-order valence-electron chi connectivity index (χ4n) is 3.47. The third-order valence-electron chi connectivity index (χ3n) is 5.68. The van der Waals surface area contributed by atoms with Crippen LogP contribution in [0.25, 0.3) is 0 Å². The van der Waals surface area contributed by atoms with E-state index in [-0.39, 0.29) is 12.5 Å². The highest BCUT2D eigenvalue weighted by atomic mass is 16.5. The van der Waals surface area contributed by atoms with Crippen LogP contribution in [0.1, 0.15) is 58.7 Å². The maximum absolute atomic E-state index is 9.55. The third kappa shape index (κ3) is 8.00. The standard InChI is InChI=1S/C26H41N5O2/c1-7-19(17-32)12-13-28-25(31-26(27-6)30-15-18(4)5)22(9-3)23-11-10-20-14-21(8-2)29-16-24(20)33-23/h9,11,14,16,18-19,32H,7-8,10,12-13,15,17H2,1-6H3,(H2,27,28,30,31)/b22-9+. The Kier molecular flexibility index (Phi) is 11.1. The van der Waals surface area contributed by atoms with Gasteiger partial charge in [-0.15, -0.1) is 0 Å². The number of hydrogen-bond acceptors (Lipinski definition) is 5. The van der Waals surface area contributed by atoms with Gasteiger partial charge in [-0.25, -0.2) is 0 Å². The maximum Gasteiger partial charge on any atom is 0.196 e. The molecule has 0 saturated heterocycles. The second kappa shape index (κ2) is 13.8. The average molecular weight is 456 g/mol. The highest BCUT2D eigenvalue weighted by Gasteiger charge is 2.21. The highest BCUT2D eigenvalue weighted by Crippen LogP contribution is 2.29. The number of guanidine groups is 1. The number of hydrogen-bond donors (Lipinski definition) is 3. The lowest BCUT2D eigenvalue weighted by molar-refractivity contribution is 0.217. The Balaban J connectivity index is 2.27. The number of allylic oxidation sites excluding steroid dienone is 2. The highest BCUT2D eigenvalue weighted by molar-refractivity contribution is 6.10. The SMILES string of the molecule is C/C=C(\C1=CCc2cc(CC)ncc2O1)C(=NCCC(CC)CO)NC(=NC)NCC(C)C. The Morgan fingerprint density at radius 2 is 2.12 bits per heavy atom. The Bertz CT molecular complexity index is 883. The van der Waals surface area contributed by atoms with Crippen molar-refractivity contribution < 1.29 is 9.84 Å². The van der Waals surface area contributed by atoms with Crippen molar-refractivity contribution in [1.29, 1.82) is 0 Å². The van der Waals surface area contributed by atoms with E-state index in [0.29, 0.717) is 24.3 Å². The molecule has 2 heterocycles. The topological polar surface area (TPSA) is 91.1 Å². The Morgan fingerprint density at radius 3 is 2.73 bits per heavy atom. The lowest BCUT2D eigenvalue weighted by atomic mass is 10.0. The van der Waals surface area contributed by atoms with Crippen molar-refractivity contribution >= 4 is 11.8 Å². The van der Waals surface area contributed by atoms with Gasteiger partial charge >= 0.3 is 0 Å². The molecule has 1 aliphatic heterocycles. The van der Waals surface area contributed by atoms with E-state index in [1.54, 1.807) is 7.05 Å². The van der Waals surface area contributed by atoms with Crippen molar-refractivity contribution in [2.45, 2.75) is 60.3 Å². The summed E-state index contributed by atoms with van der Waals surface area (Å²) in [6.45, 7) is 12.1. The van der Waals surface area contributed by atoms with Crippen LogP contribution >= 0.6 is 0 Å². The largest absolute Gasteiger partial charge is 0.455 e. The number of aliphatic hydroxyl groups excluding tert-OH is 1. The first-order valence-electron chi connectivity index (χ1n) is 12.1. The third-order valence-corrected chi connectivity index (χ3v) is 5.68. The van der Waals surface area contributed by atoms with Crippen molar-refractivity contribution in [3.63, 3.8) is 0 Å². The van der Waals surface area contributed by atoms with Gasteiger partial charge in [-0.3, -0.25) is 15.0 Å². The molecular formula is C26H41N5O2. The van der Waals surface area contributed by atoms with Gasteiger partial charge in [-0.2, -0.15) is 0 Å². The summed E-state index contributed by atoms with van der Waals surface area (Å²) in [7, 11) is 1.76. The molecular weight excluding hydrogens is 414 g/mol. The predicted octanol–water partition coefficient (Wildman–Crippen LogP) is 4.04. The molecule has 0 aliphatic carbocycles. The number of pyridine rings is 1. The van der Waals surface area contributed by atoms with Crippen LogP contribution in [-0.2, 0) is 12.8 Å². The van der Waals surface area contributed by atoms with Gasteiger partial charge in [0.1, 0.15) is 17.3 Å². The lowest BCUT2D eigenvalue weighted by Gasteiger charge is -2.23. The minimum atomic E-state index is 0.181. The van der Waals surface area contributed by atoms with Gasteiger partial charge < -0.3 is 20.5 Å². The van der Waals surface area contributed by atoms with Crippen LogP contribution in [0.15, 0.2) is 45.7 Å². The molecule has 1 aromatic rings. The lowest BCUT2D eigenvalue weighted by Crippen LogP contribution is -2.43. The van der Waals surface area contributed by atoms with E-state index < -0.39 is 0 Å². The van der Waals surface area contributed by atoms with Gasteiger partial charge in [0, 0.05) is 38.0 Å². The van der Waals surface area contributed by atoms with E-state index in [1.807, 2.05) is 19.2 Å². The fourth-order valence-corrected chi connectivity index (χ4v) is 3.47.